The zero-order valence-corrected chi connectivity index (χ0v) is 15.2. The van der Waals surface area contributed by atoms with E-state index in [1.807, 2.05) is 31.2 Å². The molecule has 0 radical (unpaired) electrons. The third-order valence-corrected chi connectivity index (χ3v) is 6.38. The molecule has 0 spiro atoms. The van der Waals surface area contributed by atoms with Crippen LogP contribution in [0.1, 0.15) is 30.0 Å². The van der Waals surface area contributed by atoms with E-state index < -0.39 is 10.0 Å². The number of hydrogen-bond donors (Lipinski definition) is 0. The van der Waals surface area contributed by atoms with E-state index in [1.165, 1.54) is 10.6 Å². The summed E-state index contributed by atoms with van der Waals surface area (Å²) in [5, 5.41) is 7.81. The molecular weight excluding hydrogens is 342 g/mol. The van der Waals surface area contributed by atoms with Crippen LogP contribution in [0.5, 0.6) is 0 Å². The Morgan fingerprint density at radius 1 is 1.20 bits per heavy atom. The molecule has 132 valence electrons. The molecule has 9 heteroatoms. The van der Waals surface area contributed by atoms with Crippen LogP contribution in [-0.4, -0.2) is 39.7 Å². The number of rotatable bonds is 5. The van der Waals surface area contributed by atoms with Crippen molar-refractivity contribution in [2.75, 3.05) is 7.05 Å². The first kappa shape index (κ1) is 17.3. The molecule has 0 aliphatic heterocycles. The van der Waals surface area contributed by atoms with E-state index in [9.17, 15) is 8.42 Å². The predicted molar refractivity (Wildman–Crippen MR) is 90.7 cm³/mol. The molecule has 3 rings (SSSR count). The fraction of sp³-hybridized carbons (Fsp3) is 0.312. The lowest BCUT2D eigenvalue weighted by molar-refractivity contribution is 0.384. The molecule has 0 amide bonds. The molecule has 1 unspecified atom stereocenters. The lowest BCUT2D eigenvalue weighted by Crippen LogP contribution is -2.30. The van der Waals surface area contributed by atoms with Crippen molar-refractivity contribution in [2.24, 2.45) is 0 Å². The van der Waals surface area contributed by atoms with Gasteiger partial charge in [-0.3, -0.25) is 0 Å². The third-order valence-electron chi connectivity index (χ3n) is 4.21. The summed E-state index contributed by atoms with van der Waals surface area (Å²) in [6, 6.07) is 7.14. The van der Waals surface area contributed by atoms with Gasteiger partial charge < -0.3 is 4.52 Å². The first-order valence-electron chi connectivity index (χ1n) is 7.68. The van der Waals surface area contributed by atoms with Crippen molar-refractivity contribution in [2.45, 2.75) is 31.7 Å². The Balaban J connectivity index is 1.88. The molecule has 1 aromatic carbocycles. The second-order valence-electron chi connectivity index (χ2n) is 5.78. The molecule has 0 fully saturated rings. The van der Waals surface area contributed by atoms with Crippen LogP contribution >= 0.6 is 0 Å². The van der Waals surface area contributed by atoms with Crippen LogP contribution in [-0.2, 0) is 10.0 Å². The van der Waals surface area contributed by atoms with Crippen LogP contribution in [0.4, 0.5) is 0 Å². The van der Waals surface area contributed by atoms with Crippen molar-refractivity contribution < 1.29 is 12.9 Å². The van der Waals surface area contributed by atoms with Gasteiger partial charge in [0.2, 0.25) is 10.0 Å². The Labute approximate surface area is 146 Å². The van der Waals surface area contributed by atoms with Gasteiger partial charge in [-0.2, -0.15) is 9.40 Å². The molecule has 2 heterocycles. The van der Waals surface area contributed by atoms with Gasteiger partial charge in [0.05, 0.1) is 5.69 Å². The highest BCUT2D eigenvalue weighted by atomic mass is 32.2. The van der Waals surface area contributed by atoms with E-state index in [-0.39, 0.29) is 16.7 Å². The zero-order valence-electron chi connectivity index (χ0n) is 14.4. The van der Waals surface area contributed by atoms with Gasteiger partial charge >= 0.3 is 0 Å². The van der Waals surface area contributed by atoms with E-state index >= 15 is 0 Å². The summed E-state index contributed by atoms with van der Waals surface area (Å²) in [5.41, 5.74) is 2.07. The molecule has 3 aromatic rings. The van der Waals surface area contributed by atoms with Crippen molar-refractivity contribution in [3.8, 4) is 5.69 Å². The molecular formula is C16H19N5O3S. The number of aromatic nitrogens is 4. The van der Waals surface area contributed by atoms with Crippen LogP contribution in [0.3, 0.4) is 0 Å². The second-order valence-corrected chi connectivity index (χ2v) is 7.72. The summed E-state index contributed by atoms with van der Waals surface area (Å²) in [4.78, 5) is 4.04. The van der Waals surface area contributed by atoms with Crippen LogP contribution in [0.15, 0.2) is 46.3 Å². The van der Waals surface area contributed by atoms with Gasteiger partial charge in [-0.1, -0.05) is 17.3 Å². The monoisotopic (exact) mass is 361 g/mol. The summed E-state index contributed by atoms with van der Waals surface area (Å²) in [6.07, 6.45) is 3.06. The molecule has 1 atom stereocenters. The quantitative estimate of drug-likeness (QED) is 0.692. The number of hydrogen-bond acceptors (Lipinski definition) is 6. The summed E-state index contributed by atoms with van der Waals surface area (Å²) in [7, 11) is -2.16. The molecule has 8 nitrogen and oxygen atoms in total. The van der Waals surface area contributed by atoms with Gasteiger partial charge in [0.25, 0.3) is 0 Å². The standard InChI is InChI=1S/C16H19N5O3S/c1-11-16(13(3)24-19-11)25(22,23)20(4)12(2)14-5-7-15(8-6-14)21-10-17-9-18-21/h5-10,12H,1-4H3. The van der Waals surface area contributed by atoms with Crippen molar-refractivity contribution in [1.29, 1.82) is 0 Å². The normalized spacial score (nSPS) is 13.3. The van der Waals surface area contributed by atoms with Crippen molar-refractivity contribution >= 4 is 10.0 Å². The molecule has 2 aromatic heterocycles. The fourth-order valence-electron chi connectivity index (χ4n) is 2.65. The van der Waals surface area contributed by atoms with Gasteiger partial charge in [-0.25, -0.2) is 18.1 Å². The maximum atomic E-state index is 12.9. The highest BCUT2D eigenvalue weighted by molar-refractivity contribution is 7.89. The largest absolute Gasteiger partial charge is 0.360 e. The average molecular weight is 361 g/mol. The first-order chi connectivity index (χ1) is 11.8. The van der Waals surface area contributed by atoms with Crippen molar-refractivity contribution in [3.05, 3.63) is 53.9 Å². The predicted octanol–water partition coefficient (Wildman–Crippen LogP) is 2.25. The average Bonchev–Trinajstić information content (AvgIpc) is 3.24. The van der Waals surface area contributed by atoms with Gasteiger partial charge in [0, 0.05) is 13.1 Å². The summed E-state index contributed by atoms with van der Waals surface area (Å²) >= 11 is 0. The zero-order chi connectivity index (χ0) is 18.2. The van der Waals surface area contributed by atoms with E-state index in [1.54, 1.807) is 31.9 Å². The molecule has 0 saturated carbocycles. The lowest BCUT2D eigenvalue weighted by Gasteiger charge is -2.24. The van der Waals surface area contributed by atoms with E-state index in [0.29, 0.717) is 5.69 Å². The molecule has 0 aliphatic carbocycles. The Bertz CT molecular complexity index is 942. The minimum absolute atomic E-state index is 0.126. The minimum Gasteiger partial charge on any atom is -0.360 e. The highest BCUT2D eigenvalue weighted by Crippen LogP contribution is 2.29. The highest BCUT2D eigenvalue weighted by Gasteiger charge is 2.31. The van der Waals surface area contributed by atoms with Gasteiger partial charge in [-0.05, 0) is 38.5 Å². The summed E-state index contributed by atoms with van der Waals surface area (Å²) < 4.78 is 33.8. The van der Waals surface area contributed by atoms with Crippen LogP contribution in [0, 0.1) is 13.8 Å². The van der Waals surface area contributed by atoms with Gasteiger partial charge in [0.1, 0.15) is 23.2 Å². The third kappa shape index (κ3) is 3.08. The first-order valence-corrected chi connectivity index (χ1v) is 9.12. The molecule has 0 bridgehead atoms. The maximum Gasteiger partial charge on any atom is 0.248 e. The molecule has 0 aliphatic rings. The number of nitrogens with zero attached hydrogens (tertiary/aromatic N) is 5. The van der Waals surface area contributed by atoms with E-state index in [0.717, 1.165) is 11.3 Å². The number of aryl methyl sites for hydroxylation is 2. The Hall–Kier alpha value is -2.52. The van der Waals surface area contributed by atoms with E-state index in [2.05, 4.69) is 15.2 Å². The van der Waals surface area contributed by atoms with Crippen molar-refractivity contribution in [1.82, 2.24) is 24.2 Å². The maximum absolute atomic E-state index is 12.9. The van der Waals surface area contributed by atoms with Gasteiger partial charge in [0.15, 0.2) is 5.76 Å². The molecule has 25 heavy (non-hydrogen) atoms. The smallest absolute Gasteiger partial charge is 0.248 e. The minimum atomic E-state index is -3.71. The fourth-order valence-corrected chi connectivity index (χ4v) is 4.29. The van der Waals surface area contributed by atoms with Crippen molar-refractivity contribution in [3.63, 3.8) is 0 Å². The summed E-state index contributed by atoms with van der Waals surface area (Å²) in [5.74, 6) is 0.290. The molecule has 0 N–H and O–H groups in total. The number of sulfonamides is 1. The Morgan fingerprint density at radius 2 is 1.88 bits per heavy atom. The SMILES string of the molecule is Cc1noc(C)c1S(=O)(=O)N(C)C(C)c1ccc(-n2cncn2)cc1. The second kappa shape index (κ2) is 6.41. The summed E-state index contributed by atoms with van der Waals surface area (Å²) in [6.45, 7) is 5.05. The van der Waals surface area contributed by atoms with Gasteiger partial charge in [-0.15, -0.1) is 0 Å². The Kier molecular flexibility index (Phi) is 4.44. The van der Waals surface area contributed by atoms with E-state index in [4.69, 9.17) is 4.52 Å². The lowest BCUT2D eigenvalue weighted by atomic mass is 10.1. The van der Waals surface area contributed by atoms with Crippen LogP contribution < -0.4 is 0 Å². The Morgan fingerprint density at radius 3 is 2.40 bits per heavy atom. The number of benzene rings is 1. The van der Waals surface area contributed by atoms with Crippen LogP contribution in [0.25, 0.3) is 5.69 Å². The topological polar surface area (TPSA) is 94.1 Å². The molecule has 0 saturated heterocycles. The van der Waals surface area contributed by atoms with Crippen LogP contribution in [0.2, 0.25) is 0 Å².